The SMILES string of the molecule is CC1CCCC(NS(=O)(=O)c2ccc(N)cc2C#N)C1. The Morgan fingerprint density at radius 3 is 2.80 bits per heavy atom. The number of hydrogen-bond acceptors (Lipinski definition) is 4. The van der Waals surface area contributed by atoms with E-state index in [-0.39, 0.29) is 16.5 Å². The van der Waals surface area contributed by atoms with Crippen LogP contribution >= 0.6 is 0 Å². The fraction of sp³-hybridized carbons (Fsp3) is 0.500. The Balaban J connectivity index is 2.25. The van der Waals surface area contributed by atoms with Gasteiger partial charge in [0.15, 0.2) is 0 Å². The van der Waals surface area contributed by atoms with Crippen LogP contribution in [0.5, 0.6) is 0 Å². The molecular formula is C14H19N3O2S. The van der Waals surface area contributed by atoms with E-state index in [1.165, 1.54) is 18.2 Å². The smallest absolute Gasteiger partial charge is 0.242 e. The van der Waals surface area contributed by atoms with Crippen molar-refractivity contribution < 1.29 is 8.42 Å². The molecule has 0 heterocycles. The van der Waals surface area contributed by atoms with E-state index in [9.17, 15) is 8.42 Å². The monoisotopic (exact) mass is 293 g/mol. The average Bonchev–Trinajstić information content (AvgIpc) is 2.37. The van der Waals surface area contributed by atoms with Gasteiger partial charge in [-0.05, 0) is 37.0 Å². The number of nitrogen functional groups attached to an aromatic ring is 1. The minimum atomic E-state index is -3.67. The summed E-state index contributed by atoms with van der Waals surface area (Å²) in [5.41, 5.74) is 6.05. The molecule has 1 aromatic carbocycles. The van der Waals surface area contributed by atoms with Crippen molar-refractivity contribution >= 4 is 15.7 Å². The highest BCUT2D eigenvalue weighted by atomic mass is 32.2. The molecule has 0 aromatic heterocycles. The van der Waals surface area contributed by atoms with Gasteiger partial charge in [0.1, 0.15) is 6.07 Å². The first kappa shape index (κ1) is 14.8. The Kier molecular flexibility index (Phi) is 4.31. The van der Waals surface area contributed by atoms with Gasteiger partial charge in [0.2, 0.25) is 10.0 Å². The lowest BCUT2D eigenvalue weighted by molar-refractivity contribution is 0.327. The van der Waals surface area contributed by atoms with Crippen molar-refractivity contribution in [2.45, 2.75) is 43.5 Å². The Hall–Kier alpha value is -1.58. The summed E-state index contributed by atoms with van der Waals surface area (Å²) >= 11 is 0. The second-order valence-electron chi connectivity index (χ2n) is 5.46. The van der Waals surface area contributed by atoms with Crippen LogP contribution in [0.3, 0.4) is 0 Å². The lowest BCUT2D eigenvalue weighted by atomic mass is 9.88. The molecule has 1 aromatic rings. The molecule has 1 aliphatic rings. The number of anilines is 1. The van der Waals surface area contributed by atoms with Gasteiger partial charge < -0.3 is 5.73 Å². The molecule has 20 heavy (non-hydrogen) atoms. The van der Waals surface area contributed by atoms with Gasteiger partial charge in [0.05, 0.1) is 10.5 Å². The number of nitrogens with one attached hydrogen (secondary N) is 1. The van der Waals surface area contributed by atoms with E-state index in [1.54, 1.807) is 0 Å². The molecule has 1 fully saturated rings. The van der Waals surface area contributed by atoms with Crippen molar-refractivity contribution in [2.75, 3.05) is 5.73 Å². The number of benzene rings is 1. The molecule has 108 valence electrons. The molecule has 2 atom stereocenters. The van der Waals surface area contributed by atoms with Crippen LogP contribution in [-0.4, -0.2) is 14.5 Å². The lowest BCUT2D eigenvalue weighted by Crippen LogP contribution is -2.38. The highest BCUT2D eigenvalue weighted by molar-refractivity contribution is 7.89. The topological polar surface area (TPSA) is 96.0 Å². The van der Waals surface area contributed by atoms with Gasteiger partial charge in [-0.2, -0.15) is 5.26 Å². The highest BCUT2D eigenvalue weighted by Crippen LogP contribution is 2.26. The number of sulfonamides is 1. The van der Waals surface area contributed by atoms with Crippen molar-refractivity contribution in [1.82, 2.24) is 4.72 Å². The first-order valence-electron chi connectivity index (χ1n) is 6.74. The molecule has 5 nitrogen and oxygen atoms in total. The zero-order chi connectivity index (χ0) is 14.8. The van der Waals surface area contributed by atoms with Gasteiger partial charge in [0, 0.05) is 11.7 Å². The first-order chi connectivity index (χ1) is 9.42. The van der Waals surface area contributed by atoms with Crippen molar-refractivity contribution in [3.05, 3.63) is 23.8 Å². The van der Waals surface area contributed by atoms with E-state index in [4.69, 9.17) is 11.0 Å². The molecule has 1 aliphatic carbocycles. The fourth-order valence-corrected chi connectivity index (χ4v) is 4.11. The number of nitrogens with zero attached hydrogens (tertiary/aromatic N) is 1. The second kappa shape index (κ2) is 5.81. The fourth-order valence-electron chi connectivity index (χ4n) is 2.69. The number of hydrogen-bond donors (Lipinski definition) is 2. The predicted octanol–water partition coefficient (Wildman–Crippen LogP) is 2.00. The number of rotatable bonds is 3. The molecular weight excluding hydrogens is 274 g/mol. The predicted molar refractivity (Wildman–Crippen MR) is 77.3 cm³/mol. The molecule has 0 aliphatic heterocycles. The van der Waals surface area contributed by atoms with Crippen LogP contribution in [0.25, 0.3) is 0 Å². The Labute approximate surface area is 119 Å². The van der Waals surface area contributed by atoms with Crippen molar-refractivity contribution in [3.8, 4) is 6.07 Å². The molecule has 0 saturated heterocycles. The molecule has 0 spiro atoms. The summed E-state index contributed by atoms with van der Waals surface area (Å²) in [5.74, 6) is 0.526. The van der Waals surface area contributed by atoms with Gasteiger partial charge in [-0.15, -0.1) is 0 Å². The summed E-state index contributed by atoms with van der Waals surface area (Å²) < 4.78 is 27.5. The van der Waals surface area contributed by atoms with E-state index in [0.29, 0.717) is 11.6 Å². The summed E-state index contributed by atoms with van der Waals surface area (Å²) in [7, 11) is -3.67. The minimum absolute atomic E-state index is 0.00688. The van der Waals surface area contributed by atoms with Gasteiger partial charge in [-0.25, -0.2) is 13.1 Å². The van der Waals surface area contributed by atoms with Crippen LogP contribution in [0, 0.1) is 17.2 Å². The maximum absolute atomic E-state index is 12.4. The molecule has 0 radical (unpaired) electrons. The molecule has 6 heteroatoms. The van der Waals surface area contributed by atoms with Gasteiger partial charge in [0.25, 0.3) is 0 Å². The van der Waals surface area contributed by atoms with Crippen LogP contribution in [0.1, 0.15) is 38.2 Å². The van der Waals surface area contributed by atoms with E-state index >= 15 is 0 Å². The number of nitrogens with two attached hydrogens (primary N) is 1. The average molecular weight is 293 g/mol. The zero-order valence-corrected chi connectivity index (χ0v) is 12.3. The summed E-state index contributed by atoms with van der Waals surface area (Å²) in [5, 5.41) is 9.06. The first-order valence-corrected chi connectivity index (χ1v) is 8.22. The maximum atomic E-state index is 12.4. The number of nitriles is 1. The van der Waals surface area contributed by atoms with E-state index < -0.39 is 10.0 Å². The normalized spacial score (nSPS) is 23.2. The van der Waals surface area contributed by atoms with Gasteiger partial charge in [-0.1, -0.05) is 19.8 Å². The van der Waals surface area contributed by atoms with E-state index in [2.05, 4.69) is 11.6 Å². The molecule has 1 saturated carbocycles. The largest absolute Gasteiger partial charge is 0.399 e. The maximum Gasteiger partial charge on any atom is 0.242 e. The lowest BCUT2D eigenvalue weighted by Gasteiger charge is -2.27. The highest BCUT2D eigenvalue weighted by Gasteiger charge is 2.26. The van der Waals surface area contributed by atoms with Crippen LogP contribution in [0.2, 0.25) is 0 Å². The van der Waals surface area contributed by atoms with Crippen molar-refractivity contribution in [1.29, 1.82) is 5.26 Å². The standard InChI is InChI=1S/C14H19N3O2S/c1-10-3-2-4-13(7-10)17-20(18,19)14-6-5-12(16)8-11(14)9-15/h5-6,8,10,13,17H,2-4,7,16H2,1H3. The Morgan fingerprint density at radius 1 is 1.40 bits per heavy atom. The summed E-state index contributed by atoms with van der Waals surface area (Å²) in [6, 6.07) is 6.12. The third-order valence-electron chi connectivity index (χ3n) is 3.67. The van der Waals surface area contributed by atoms with Crippen molar-refractivity contribution in [3.63, 3.8) is 0 Å². The molecule has 2 rings (SSSR count). The van der Waals surface area contributed by atoms with Gasteiger partial charge >= 0.3 is 0 Å². The van der Waals surface area contributed by atoms with E-state index in [0.717, 1.165) is 25.7 Å². The summed E-state index contributed by atoms with van der Waals surface area (Å²) in [6.07, 6.45) is 3.86. The van der Waals surface area contributed by atoms with Gasteiger partial charge in [-0.3, -0.25) is 0 Å². The third kappa shape index (κ3) is 3.30. The third-order valence-corrected chi connectivity index (χ3v) is 5.25. The Morgan fingerprint density at radius 2 is 2.15 bits per heavy atom. The molecule has 0 bridgehead atoms. The van der Waals surface area contributed by atoms with Crippen molar-refractivity contribution in [2.24, 2.45) is 5.92 Å². The summed E-state index contributed by atoms with van der Waals surface area (Å²) in [4.78, 5) is 0.00688. The van der Waals surface area contributed by atoms with Crippen LogP contribution in [0.4, 0.5) is 5.69 Å². The Bertz CT molecular complexity index is 634. The molecule has 3 N–H and O–H groups in total. The zero-order valence-electron chi connectivity index (χ0n) is 11.5. The minimum Gasteiger partial charge on any atom is -0.399 e. The second-order valence-corrected chi connectivity index (χ2v) is 7.14. The van der Waals surface area contributed by atoms with Crippen LogP contribution < -0.4 is 10.5 Å². The molecule has 0 amide bonds. The van der Waals surface area contributed by atoms with E-state index in [1.807, 2.05) is 6.07 Å². The quantitative estimate of drug-likeness (QED) is 0.833. The summed E-state index contributed by atoms with van der Waals surface area (Å²) in [6.45, 7) is 2.13. The van der Waals surface area contributed by atoms with Crippen LogP contribution in [-0.2, 0) is 10.0 Å². The molecule has 2 unspecified atom stereocenters. The van der Waals surface area contributed by atoms with Crippen LogP contribution in [0.15, 0.2) is 23.1 Å².